The highest BCUT2D eigenvalue weighted by atomic mass is 35.5. The van der Waals surface area contributed by atoms with Crippen LogP contribution < -0.4 is 15.5 Å². The monoisotopic (exact) mass is 497 g/mol. The number of carbonyl (C=O) groups is 2. The van der Waals surface area contributed by atoms with E-state index in [4.69, 9.17) is 27.9 Å². The summed E-state index contributed by atoms with van der Waals surface area (Å²) in [4.78, 5) is 24.6. The lowest BCUT2D eigenvalue weighted by atomic mass is 10.0. The van der Waals surface area contributed by atoms with Gasteiger partial charge in [-0.2, -0.15) is 5.10 Å². The molecule has 0 radical (unpaired) electrons. The third-order valence-electron chi connectivity index (χ3n) is 5.12. The molecule has 0 aromatic heterocycles. The summed E-state index contributed by atoms with van der Waals surface area (Å²) >= 11 is 12.4. The van der Waals surface area contributed by atoms with Crippen LogP contribution in [0.3, 0.4) is 0 Å². The molecule has 3 rings (SSSR count). The second-order valence-corrected chi connectivity index (χ2v) is 8.20. The summed E-state index contributed by atoms with van der Waals surface area (Å²) in [5.41, 5.74) is 6.33. The average Bonchev–Trinajstić information content (AvgIpc) is 2.84. The van der Waals surface area contributed by atoms with Crippen LogP contribution in [0.4, 0.5) is 5.69 Å². The van der Waals surface area contributed by atoms with Gasteiger partial charge < -0.3 is 10.1 Å². The molecule has 2 amide bonds. The first-order chi connectivity index (χ1) is 16.4. The topological polar surface area (TPSA) is 79.8 Å². The van der Waals surface area contributed by atoms with Gasteiger partial charge in [-0.05, 0) is 53.8 Å². The van der Waals surface area contributed by atoms with Crippen molar-refractivity contribution in [2.75, 3.05) is 5.32 Å². The van der Waals surface area contributed by atoms with Gasteiger partial charge in [-0.3, -0.25) is 9.59 Å². The van der Waals surface area contributed by atoms with Gasteiger partial charge in [0.25, 0.3) is 0 Å². The number of hydrogen-bond donors (Lipinski definition) is 2. The first-order valence-electron chi connectivity index (χ1n) is 10.8. The lowest BCUT2D eigenvalue weighted by Gasteiger charge is -2.13. The quantitative estimate of drug-likeness (QED) is 0.235. The molecular weight excluding hydrogens is 473 g/mol. The Kier molecular flexibility index (Phi) is 9.08. The van der Waals surface area contributed by atoms with Crippen molar-refractivity contribution in [3.63, 3.8) is 0 Å². The van der Waals surface area contributed by atoms with E-state index in [1.54, 1.807) is 24.3 Å². The fourth-order valence-corrected chi connectivity index (χ4v) is 3.71. The SMILES string of the molecule is CCc1cccc(CC)c1NC(=O)C(=O)N/N=C\c1ccc(OCc2ccccc2Cl)c(Cl)c1. The molecule has 0 unspecified atom stereocenters. The number of rotatable bonds is 8. The first kappa shape index (κ1) is 25.3. The molecule has 0 aliphatic heterocycles. The Morgan fingerprint density at radius 2 is 1.56 bits per heavy atom. The van der Waals surface area contributed by atoms with Gasteiger partial charge in [-0.25, -0.2) is 5.43 Å². The highest BCUT2D eigenvalue weighted by Crippen LogP contribution is 2.27. The van der Waals surface area contributed by atoms with E-state index < -0.39 is 11.8 Å². The highest BCUT2D eigenvalue weighted by Gasteiger charge is 2.16. The van der Waals surface area contributed by atoms with E-state index in [9.17, 15) is 9.59 Å². The Hall–Kier alpha value is -3.35. The van der Waals surface area contributed by atoms with Crippen LogP contribution in [0.5, 0.6) is 5.75 Å². The van der Waals surface area contributed by atoms with Crippen LogP contribution in [0.1, 0.15) is 36.1 Å². The zero-order valence-corrected chi connectivity index (χ0v) is 20.4. The van der Waals surface area contributed by atoms with Crippen molar-refractivity contribution in [1.29, 1.82) is 0 Å². The fourth-order valence-electron chi connectivity index (χ4n) is 3.28. The summed E-state index contributed by atoms with van der Waals surface area (Å²) < 4.78 is 5.74. The number of halogens is 2. The maximum atomic E-state index is 12.4. The molecule has 0 saturated carbocycles. The third-order valence-corrected chi connectivity index (χ3v) is 5.78. The minimum absolute atomic E-state index is 0.277. The van der Waals surface area contributed by atoms with Crippen molar-refractivity contribution in [3.8, 4) is 5.75 Å². The van der Waals surface area contributed by atoms with Crippen LogP contribution in [0.25, 0.3) is 0 Å². The van der Waals surface area contributed by atoms with E-state index in [1.165, 1.54) is 6.21 Å². The van der Waals surface area contributed by atoms with Crippen LogP contribution in [-0.4, -0.2) is 18.0 Å². The Balaban J connectivity index is 1.57. The summed E-state index contributed by atoms with van der Waals surface area (Å²) in [7, 11) is 0. The largest absolute Gasteiger partial charge is 0.487 e. The second kappa shape index (κ2) is 12.2. The van der Waals surface area contributed by atoms with Crippen molar-refractivity contribution < 1.29 is 14.3 Å². The summed E-state index contributed by atoms with van der Waals surface area (Å²) in [5, 5.41) is 7.56. The number of anilines is 1. The molecule has 8 heteroatoms. The van der Waals surface area contributed by atoms with Crippen LogP contribution in [-0.2, 0) is 29.0 Å². The number of ether oxygens (including phenoxy) is 1. The number of carbonyl (C=O) groups excluding carboxylic acids is 2. The predicted molar refractivity (Wildman–Crippen MR) is 137 cm³/mol. The normalized spacial score (nSPS) is 10.8. The molecule has 0 atom stereocenters. The average molecular weight is 498 g/mol. The summed E-state index contributed by atoms with van der Waals surface area (Å²) in [5.74, 6) is -1.16. The molecule has 0 heterocycles. The molecular formula is C26H25Cl2N3O3. The molecule has 0 fully saturated rings. The molecule has 0 saturated heterocycles. The maximum absolute atomic E-state index is 12.4. The molecule has 3 aromatic rings. The smallest absolute Gasteiger partial charge is 0.329 e. The molecule has 0 aliphatic carbocycles. The number of hydrogen-bond acceptors (Lipinski definition) is 4. The van der Waals surface area contributed by atoms with Crippen LogP contribution in [0, 0.1) is 0 Å². The number of amides is 2. The molecule has 176 valence electrons. The number of nitrogens with zero attached hydrogens (tertiary/aromatic N) is 1. The second-order valence-electron chi connectivity index (χ2n) is 7.38. The lowest BCUT2D eigenvalue weighted by Crippen LogP contribution is -2.33. The molecule has 3 aromatic carbocycles. The fraction of sp³-hybridized carbons (Fsp3) is 0.192. The zero-order valence-electron chi connectivity index (χ0n) is 18.9. The van der Waals surface area contributed by atoms with Gasteiger partial charge in [-0.15, -0.1) is 0 Å². The van der Waals surface area contributed by atoms with E-state index in [0.29, 0.717) is 27.0 Å². The van der Waals surface area contributed by atoms with Crippen LogP contribution >= 0.6 is 23.2 Å². The van der Waals surface area contributed by atoms with E-state index in [0.717, 1.165) is 29.5 Å². The predicted octanol–water partition coefficient (Wildman–Crippen LogP) is 5.79. The number of para-hydroxylation sites is 1. The number of aryl methyl sites for hydroxylation is 2. The molecule has 0 spiro atoms. The number of benzene rings is 3. The van der Waals surface area contributed by atoms with E-state index in [2.05, 4.69) is 15.8 Å². The van der Waals surface area contributed by atoms with E-state index in [-0.39, 0.29) is 6.61 Å². The Morgan fingerprint density at radius 3 is 2.21 bits per heavy atom. The molecule has 0 aliphatic rings. The van der Waals surface area contributed by atoms with Gasteiger partial charge in [0.2, 0.25) is 0 Å². The van der Waals surface area contributed by atoms with Gasteiger partial charge in [0.1, 0.15) is 12.4 Å². The summed E-state index contributed by atoms with van der Waals surface area (Å²) in [6.07, 6.45) is 2.87. The minimum Gasteiger partial charge on any atom is -0.487 e. The van der Waals surface area contributed by atoms with Gasteiger partial charge >= 0.3 is 11.8 Å². The van der Waals surface area contributed by atoms with Gasteiger partial charge in [0, 0.05) is 16.3 Å². The third kappa shape index (κ3) is 6.59. The summed E-state index contributed by atoms with van der Waals surface area (Å²) in [6, 6.07) is 18.3. The van der Waals surface area contributed by atoms with Crippen molar-refractivity contribution in [2.24, 2.45) is 5.10 Å². The number of hydrazone groups is 1. The van der Waals surface area contributed by atoms with Gasteiger partial charge in [-0.1, -0.05) is 73.4 Å². The Labute approximate surface area is 208 Å². The van der Waals surface area contributed by atoms with E-state index in [1.807, 2.05) is 50.2 Å². The van der Waals surface area contributed by atoms with E-state index >= 15 is 0 Å². The van der Waals surface area contributed by atoms with Gasteiger partial charge in [0.15, 0.2) is 0 Å². The minimum atomic E-state index is -0.866. The Morgan fingerprint density at radius 1 is 0.882 bits per heavy atom. The standard InChI is InChI=1S/C26H25Cl2N3O3/c1-3-18-9-7-10-19(4-2)24(18)30-25(32)26(33)31-29-15-17-12-13-23(22(28)14-17)34-16-20-8-5-6-11-21(20)27/h5-15H,3-4,16H2,1-2H3,(H,30,32)(H,31,33)/b29-15-. The summed E-state index contributed by atoms with van der Waals surface area (Å²) in [6.45, 7) is 4.26. The molecule has 34 heavy (non-hydrogen) atoms. The van der Waals surface area contributed by atoms with Crippen molar-refractivity contribution in [2.45, 2.75) is 33.3 Å². The molecule has 2 N–H and O–H groups in total. The van der Waals surface area contributed by atoms with Crippen molar-refractivity contribution >= 4 is 46.9 Å². The number of nitrogens with one attached hydrogen (secondary N) is 2. The molecule has 0 bridgehead atoms. The van der Waals surface area contributed by atoms with Crippen molar-refractivity contribution in [1.82, 2.24) is 5.43 Å². The van der Waals surface area contributed by atoms with Crippen LogP contribution in [0.15, 0.2) is 65.8 Å². The van der Waals surface area contributed by atoms with Crippen molar-refractivity contribution in [3.05, 3.63) is 93.0 Å². The van der Waals surface area contributed by atoms with Gasteiger partial charge in [0.05, 0.1) is 11.2 Å². The lowest BCUT2D eigenvalue weighted by molar-refractivity contribution is -0.136. The molecule has 6 nitrogen and oxygen atoms in total. The maximum Gasteiger partial charge on any atom is 0.329 e. The van der Waals surface area contributed by atoms with Crippen LogP contribution in [0.2, 0.25) is 10.0 Å². The first-order valence-corrected chi connectivity index (χ1v) is 11.6. The highest BCUT2D eigenvalue weighted by molar-refractivity contribution is 6.39. The Bertz CT molecular complexity index is 1190. The zero-order chi connectivity index (χ0) is 24.5.